The average Bonchev–Trinajstić information content (AvgIpc) is 3.01. The molecule has 2 aliphatic heterocycles. The highest BCUT2D eigenvalue weighted by Crippen LogP contribution is 2.32. The summed E-state index contributed by atoms with van der Waals surface area (Å²) in [5.41, 5.74) is 3.63. The van der Waals surface area contributed by atoms with E-state index in [9.17, 15) is 9.59 Å². The summed E-state index contributed by atoms with van der Waals surface area (Å²) in [6.07, 6.45) is 1.20. The molecule has 0 atom stereocenters. The molecule has 2 aromatic rings. The predicted molar refractivity (Wildman–Crippen MR) is 122 cm³/mol. The van der Waals surface area contributed by atoms with E-state index in [1.807, 2.05) is 43.3 Å². The van der Waals surface area contributed by atoms with Crippen molar-refractivity contribution < 1.29 is 19.1 Å². The zero-order valence-corrected chi connectivity index (χ0v) is 19.2. The van der Waals surface area contributed by atoms with Crippen LogP contribution in [-0.2, 0) is 17.9 Å². The van der Waals surface area contributed by atoms with Crippen molar-refractivity contribution in [3.8, 4) is 11.5 Å². The second-order valence-electron chi connectivity index (χ2n) is 8.82. The SMILES string of the molecule is COc1cc(CN2CCC3(CC2)NC(=O)N(Cc2ccc(C)c(C)c2)C3=O)cc(OC)c1. The summed E-state index contributed by atoms with van der Waals surface area (Å²) in [6, 6.07) is 11.6. The molecule has 2 heterocycles. The zero-order valence-electron chi connectivity index (χ0n) is 19.2. The highest BCUT2D eigenvalue weighted by molar-refractivity contribution is 6.07. The summed E-state index contributed by atoms with van der Waals surface area (Å²) in [6.45, 7) is 6.59. The van der Waals surface area contributed by atoms with Crippen LogP contribution in [0, 0.1) is 13.8 Å². The van der Waals surface area contributed by atoms with Gasteiger partial charge in [0.1, 0.15) is 17.0 Å². The predicted octanol–water partition coefficient (Wildman–Crippen LogP) is 3.41. The van der Waals surface area contributed by atoms with Crippen LogP contribution < -0.4 is 14.8 Å². The second kappa shape index (κ2) is 8.82. The van der Waals surface area contributed by atoms with Gasteiger partial charge in [-0.15, -0.1) is 0 Å². The first-order chi connectivity index (χ1) is 15.3. The van der Waals surface area contributed by atoms with Gasteiger partial charge >= 0.3 is 6.03 Å². The van der Waals surface area contributed by atoms with Crippen LogP contribution in [0.1, 0.15) is 35.1 Å². The molecule has 1 spiro atoms. The van der Waals surface area contributed by atoms with Crippen LogP contribution in [0.4, 0.5) is 4.79 Å². The molecule has 0 radical (unpaired) electrons. The number of ether oxygens (including phenoxy) is 2. The summed E-state index contributed by atoms with van der Waals surface area (Å²) in [5.74, 6) is 1.41. The largest absolute Gasteiger partial charge is 0.497 e. The van der Waals surface area contributed by atoms with Gasteiger partial charge < -0.3 is 14.8 Å². The molecule has 170 valence electrons. The van der Waals surface area contributed by atoms with Crippen molar-refractivity contribution in [1.82, 2.24) is 15.1 Å². The van der Waals surface area contributed by atoms with Gasteiger partial charge in [-0.25, -0.2) is 4.79 Å². The first-order valence-electron chi connectivity index (χ1n) is 11.0. The molecule has 0 aromatic heterocycles. The lowest BCUT2D eigenvalue weighted by Gasteiger charge is -2.37. The Hall–Kier alpha value is -3.06. The maximum Gasteiger partial charge on any atom is 0.325 e. The molecule has 7 heteroatoms. The standard InChI is InChI=1S/C25H31N3O4/c1-17-5-6-19(11-18(17)2)16-28-23(29)25(26-24(28)30)7-9-27(10-8-25)15-20-12-21(31-3)14-22(13-20)32-4/h5-6,11-14H,7-10,15-16H2,1-4H3,(H,26,30). The normalized spacial score (nSPS) is 18.2. The Balaban J connectivity index is 1.41. The van der Waals surface area contributed by atoms with Crippen LogP contribution in [-0.4, -0.2) is 54.6 Å². The van der Waals surface area contributed by atoms with E-state index in [0.29, 0.717) is 19.4 Å². The van der Waals surface area contributed by atoms with Gasteiger partial charge in [0.2, 0.25) is 0 Å². The van der Waals surface area contributed by atoms with Crippen molar-refractivity contribution in [1.29, 1.82) is 0 Å². The van der Waals surface area contributed by atoms with Crippen molar-refractivity contribution in [2.24, 2.45) is 0 Å². The summed E-state index contributed by atoms with van der Waals surface area (Å²) in [7, 11) is 3.28. The third-order valence-electron chi connectivity index (χ3n) is 6.68. The van der Waals surface area contributed by atoms with Crippen molar-refractivity contribution >= 4 is 11.9 Å². The van der Waals surface area contributed by atoms with E-state index in [0.717, 1.165) is 47.8 Å². The number of methoxy groups -OCH3 is 2. The number of nitrogens with one attached hydrogen (secondary N) is 1. The number of imide groups is 1. The van der Waals surface area contributed by atoms with Gasteiger partial charge in [-0.1, -0.05) is 18.2 Å². The number of hydrogen-bond acceptors (Lipinski definition) is 5. The minimum absolute atomic E-state index is 0.108. The Morgan fingerprint density at radius 3 is 2.12 bits per heavy atom. The lowest BCUT2D eigenvalue weighted by Crippen LogP contribution is -2.54. The van der Waals surface area contributed by atoms with Gasteiger partial charge in [-0.05, 0) is 61.1 Å². The molecule has 0 aliphatic carbocycles. The van der Waals surface area contributed by atoms with E-state index >= 15 is 0 Å². The molecule has 4 rings (SSSR count). The van der Waals surface area contributed by atoms with Gasteiger partial charge in [0.05, 0.1) is 20.8 Å². The summed E-state index contributed by atoms with van der Waals surface area (Å²) >= 11 is 0. The van der Waals surface area contributed by atoms with E-state index in [4.69, 9.17) is 9.47 Å². The number of aryl methyl sites for hydroxylation is 2. The Labute approximate surface area is 189 Å². The third-order valence-corrected chi connectivity index (χ3v) is 6.68. The number of likely N-dealkylation sites (tertiary alicyclic amines) is 1. The molecule has 2 aromatic carbocycles. The minimum atomic E-state index is -0.792. The lowest BCUT2D eigenvalue weighted by atomic mass is 9.87. The molecule has 1 N–H and O–H groups in total. The van der Waals surface area contributed by atoms with Gasteiger partial charge in [0, 0.05) is 25.7 Å². The number of rotatable bonds is 6. The van der Waals surface area contributed by atoms with E-state index in [-0.39, 0.29) is 11.9 Å². The molecule has 2 fully saturated rings. The molecular formula is C25H31N3O4. The fourth-order valence-electron chi connectivity index (χ4n) is 4.55. The van der Waals surface area contributed by atoms with E-state index in [2.05, 4.69) is 17.1 Å². The first-order valence-corrected chi connectivity index (χ1v) is 11.0. The molecule has 32 heavy (non-hydrogen) atoms. The topological polar surface area (TPSA) is 71.1 Å². The Kier molecular flexibility index (Phi) is 6.11. The number of carbonyl (C=O) groups is 2. The quantitative estimate of drug-likeness (QED) is 0.702. The smallest absolute Gasteiger partial charge is 0.325 e. The molecule has 0 unspecified atom stereocenters. The molecular weight excluding hydrogens is 406 g/mol. The van der Waals surface area contributed by atoms with Crippen molar-refractivity contribution in [2.45, 2.75) is 45.3 Å². The van der Waals surface area contributed by atoms with Gasteiger partial charge in [-0.2, -0.15) is 0 Å². The van der Waals surface area contributed by atoms with Crippen molar-refractivity contribution in [3.05, 3.63) is 58.7 Å². The van der Waals surface area contributed by atoms with Crippen molar-refractivity contribution in [2.75, 3.05) is 27.3 Å². The molecule has 3 amide bonds. The van der Waals surface area contributed by atoms with Crippen LogP contribution in [0.2, 0.25) is 0 Å². The van der Waals surface area contributed by atoms with Crippen LogP contribution in [0.3, 0.4) is 0 Å². The Morgan fingerprint density at radius 2 is 1.53 bits per heavy atom. The van der Waals surface area contributed by atoms with E-state index < -0.39 is 5.54 Å². The number of carbonyl (C=O) groups excluding carboxylic acids is 2. The fourth-order valence-corrected chi connectivity index (χ4v) is 4.55. The minimum Gasteiger partial charge on any atom is -0.497 e. The van der Waals surface area contributed by atoms with Crippen LogP contribution in [0.25, 0.3) is 0 Å². The number of piperidine rings is 1. The summed E-state index contributed by atoms with van der Waals surface area (Å²) in [4.78, 5) is 29.6. The number of urea groups is 1. The monoisotopic (exact) mass is 437 g/mol. The average molecular weight is 438 g/mol. The maximum atomic E-state index is 13.3. The van der Waals surface area contributed by atoms with E-state index in [1.54, 1.807) is 14.2 Å². The highest BCUT2D eigenvalue weighted by Gasteiger charge is 2.52. The van der Waals surface area contributed by atoms with Crippen LogP contribution in [0.15, 0.2) is 36.4 Å². The molecule has 0 bridgehead atoms. The van der Waals surface area contributed by atoms with Crippen LogP contribution >= 0.6 is 0 Å². The fraction of sp³-hybridized carbons (Fsp3) is 0.440. The Bertz CT molecular complexity index is 1010. The van der Waals surface area contributed by atoms with Gasteiger partial charge in [0.25, 0.3) is 5.91 Å². The third kappa shape index (κ3) is 4.30. The number of hydrogen-bond donors (Lipinski definition) is 1. The summed E-state index contributed by atoms with van der Waals surface area (Å²) in [5, 5.41) is 3.01. The van der Waals surface area contributed by atoms with E-state index in [1.165, 1.54) is 10.5 Å². The maximum absolute atomic E-state index is 13.3. The number of benzene rings is 2. The Morgan fingerprint density at radius 1 is 0.875 bits per heavy atom. The molecule has 2 saturated heterocycles. The molecule has 0 saturated carbocycles. The van der Waals surface area contributed by atoms with Gasteiger partial charge in [-0.3, -0.25) is 14.6 Å². The van der Waals surface area contributed by atoms with Crippen molar-refractivity contribution in [3.63, 3.8) is 0 Å². The zero-order chi connectivity index (χ0) is 22.9. The number of nitrogens with zero attached hydrogens (tertiary/aromatic N) is 2. The number of amides is 3. The van der Waals surface area contributed by atoms with Gasteiger partial charge in [0.15, 0.2) is 0 Å². The van der Waals surface area contributed by atoms with Crippen LogP contribution in [0.5, 0.6) is 11.5 Å². The second-order valence-corrected chi connectivity index (χ2v) is 8.82. The molecule has 7 nitrogen and oxygen atoms in total. The summed E-state index contributed by atoms with van der Waals surface area (Å²) < 4.78 is 10.7. The lowest BCUT2D eigenvalue weighted by molar-refractivity contribution is -0.133. The first kappa shape index (κ1) is 22.1. The highest BCUT2D eigenvalue weighted by atomic mass is 16.5. The molecule has 2 aliphatic rings.